The Balaban J connectivity index is 2.38. The van der Waals surface area contributed by atoms with E-state index in [1.165, 1.54) is 23.9 Å². The molecule has 0 radical (unpaired) electrons. The van der Waals surface area contributed by atoms with E-state index in [9.17, 15) is 8.78 Å². The minimum atomic E-state index is -0.830. The third kappa shape index (κ3) is 4.29. The quantitative estimate of drug-likeness (QED) is 0.353. The van der Waals surface area contributed by atoms with Gasteiger partial charge in [0.05, 0.1) is 5.84 Å². The van der Waals surface area contributed by atoms with Crippen molar-refractivity contribution in [3.63, 3.8) is 0 Å². The molecular weight excluding hydrogens is 218 g/mol. The molecule has 5 heteroatoms. The van der Waals surface area contributed by atoms with Crippen LogP contribution in [0.2, 0.25) is 0 Å². The standard InChI is InChI=1S/C10H12F2N2S/c11-8-4-3-7(6-9(8)12)15-5-1-2-10(13)14/h3-4,6H,1-2,5H2,(H3,13,14). The first-order valence-corrected chi connectivity index (χ1v) is 5.49. The maximum atomic E-state index is 12.8. The first-order valence-electron chi connectivity index (χ1n) is 4.50. The summed E-state index contributed by atoms with van der Waals surface area (Å²) in [7, 11) is 0. The van der Waals surface area contributed by atoms with Crippen LogP contribution in [0.25, 0.3) is 0 Å². The molecule has 0 aromatic heterocycles. The number of rotatable bonds is 5. The van der Waals surface area contributed by atoms with Crippen LogP contribution >= 0.6 is 11.8 Å². The van der Waals surface area contributed by atoms with Gasteiger partial charge in [0.25, 0.3) is 0 Å². The Morgan fingerprint density at radius 3 is 2.67 bits per heavy atom. The minimum absolute atomic E-state index is 0.154. The van der Waals surface area contributed by atoms with E-state index in [1.807, 2.05) is 0 Å². The van der Waals surface area contributed by atoms with E-state index in [1.54, 1.807) is 0 Å². The largest absolute Gasteiger partial charge is 0.388 e. The fourth-order valence-electron chi connectivity index (χ4n) is 1.02. The molecule has 0 saturated heterocycles. The molecule has 1 aromatic carbocycles. The number of amidine groups is 1. The summed E-state index contributed by atoms with van der Waals surface area (Å²) >= 11 is 1.43. The predicted molar refractivity (Wildman–Crippen MR) is 58.2 cm³/mol. The first-order chi connectivity index (χ1) is 7.09. The maximum absolute atomic E-state index is 12.8. The lowest BCUT2D eigenvalue weighted by Crippen LogP contribution is -2.08. The zero-order chi connectivity index (χ0) is 11.3. The second-order valence-corrected chi connectivity index (χ2v) is 4.22. The molecule has 1 aromatic rings. The topological polar surface area (TPSA) is 49.9 Å². The van der Waals surface area contributed by atoms with Gasteiger partial charge in [-0.1, -0.05) is 0 Å². The van der Waals surface area contributed by atoms with Crippen LogP contribution in [0.3, 0.4) is 0 Å². The van der Waals surface area contributed by atoms with Crippen molar-refractivity contribution in [3.05, 3.63) is 29.8 Å². The highest BCUT2D eigenvalue weighted by molar-refractivity contribution is 7.99. The first kappa shape index (κ1) is 12.0. The van der Waals surface area contributed by atoms with Crippen LogP contribution in [0.4, 0.5) is 8.78 Å². The van der Waals surface area contributed by atoms with E-state index in [2.05, 4.69) is 0 Å². The molecule has 0 unspecified atom stereocenters. The molecule has 0 aliphatic carbocycles. The summed E-state index contributed by atoms with van der Waals surface area (Å²) in [5.41, 5.74) is 5.18. The van der Waals surface area contributed by atoms with E-state index >= 15 is 0 Å². The fraction of sp³-hybridized carbons (Fsp3) is 0.300. The number of hydrogen-bond acceptors (Lipinski definition) is 2. The number of nitrogens with two attached hydrogens (primary N) is 1. The summed E-state index contributed by atoms with van der Waals surface area (Å²) < 4.78 is 25.3. The average Bonchev–Trinajstić information content (AvgIpc) is 2.18. The van der Waals surface area contributed by atoms with Crippen LogP contribution in [0.15, 0.2) is 23.1 Å². The predicted octanol–water partition coefficient (Wildman–Crippen LogP) is 2.77. The second kappa shape index (κ2) is 5.70. The highest BCUT2D eigenvalue weighted by Crippen LogP contribution is 2.21. The summed E-state index contributed by atoms with van der Waals surface area (Å²) in [6.07, 6.45) is 1.30. The van der Waals surface area contributed by atoms with Gasteiger partial charge in [0.15, 0.2) is 11.6 Å². The molecule has 0 aliphatic heterocycles. The van der Waals surface area contributed by atoms with Crippen LogP contribution in [-0.2, 0) is 0 Å². The summed E-state index contributed by atoms with van der Waals surface area (Å²) in [5.74, 6) is -0.763. The normalized spacial score (nSPS) is 10.3. The van der Waals surface area contributed by atoms with E-state index in [-0.39, 0.29) is 5.84 Å². The Kier molecular flexibility index (Phi) is 4.55. The second-order valence-electron chi connectivity index (χ2n) is 3.05. The van der Waals surface area contributed by atoms with Crippen molar-refractivity contribution in [2.75, 3.05) is 5.75 Å². The van der Waals surface area contributed by atoms with Gasteiger partial charge in [-0.25, -0.2) is 8.78 Å². The SMILES string of the molecule is N=C(N)CCCSc1ccc(F)c(F)c1. The molecule has 0 fully saturated rings. The van der Waals surface area contributed by atoms with Crippen molar-refractivity contribution in [2.45, 2.75) is 17.7 Å². The van der Waals surface area contributed by atoms with Gasteiger partial charge in [-0.2, -0.15) is 0 Å². The van der Waals surface area contributed by atoms with Gasteiger partial charge < -0.3 is 5.73 Å². The molecule has 0 bridgehead atoms. The molecule has 0 spiro atoms. The highest BCUT2D eigenvalue weighted by Gasteiger charge is 2.02. The van der Waals surface area contributed by atoms with E-state index in [0.717, 1.165) is 18.2 Å². The molecule has 0 saturated carbocycles. The third-order valence-corrected chi connectivity index (χ3v) is 2.83. The van der Waals surface area contributed by atoms with Gasteiger partial charge >= 0.3 is 0 Å². The molecule has 2 nitrogen and oxygen atoms in total. The molecular formula is C10H12F2N2S. The average molecular weight is 230 g/mol. The van der Waals surface area contributed by atoms with Crippen molar-refractivity contribution in [1.29, 1.82) is 5.41 Å². The highest BCUT2D eigenvalue weighted by atomic mass is 32.2. The molecule has 0 atom stereocenters. The van der Waals surface area contributed by atoms with Crippen molar-refractivity contribution in [3.8, 4) is 0 Å². The van der Waals surface area contributed by atoms with Crippen molar-refractivity contribution >= 4 is 17.6 Å². The van der Waals surface area contributed by atoms with Crippen LogP contribution in [-0.4, -0.2) is 11.6 Å². The van der Waals surface area contributed by atoms with Crippen LogP contribution in [0.1, 0.15) is 12.8 Å². The zero-order valence-electron chi connectivity index (χ0n) is 8.09. The lowest BCUT2D eigenvalue weighted by Gasteiger charge is -2.01. The Labute approximate surface area is 91.4 Å². The molecule has 15 heavy (non-hydrogen) atoms. The Morgan fingerprint density at radius 1 is 1.33 bits per heavy atom. The van der Waals surface area contributed by atoms with Gasteiger partial charge in [0.1, 0.15) is 0 Å². The van der Waals surface area contributed by atoms with E-state index in [4.69, 9.17) is 11.1 Å². The summed E-state index contributed by atoms with van der Waals surface area (Å²) in [6.45, 7) is 0. The fourth-order valence-corrected chi connectivity index (χ4v) is 1.89. The number of hydrogen-bond donors (Lipinski definition) is 2. The zero-order valence-corrected chi connectivity index (χ0v) is 8.91. The molecule has 3 N–H and O–H groups in total. The van der Waals surface area contributed by atoms with Crippen molar-refractivity contribution in [1.82, 2.24) is 0 Å². The molecule has 0 amide bonds. The van der Waals surface area contributed by atoms with Crippen LogP contribution < -0.4 is 5.73 Å². The number of halogens is 2. The van der Waals surface area contributed by atoms with Crippen LogP contribution in [0.5, 0.6) is 0 Å². The van der Waals surface area contributed by atoms with Gasteiger partial charge in [0.2, 0.25) is 0 Å². The van der Waals surface area contributed by atoms with E-state index in [0.29, 0.717) is 11.3 Å². The summed E-state index contributed by atoms with van der Waals surface area (Å²) in [6, 6.07) is 3.83. The summed E-state index contributed by atoms with van der Waals surface area (Å²) in [4.78, 5) is 0.692. The maximum Gasteiger partial charge on any atom is 0.159 e. The molecule has 1 rings (SSSR count). The number of benzene rings is 1. The number of nitrogens with one attached hydrogen (secondary N) is 1. The van der Waals surface area contributed by atoms with Gasteiger partial charge in [-0.3, -0.25) is 5.41 Å². The van der Waals surface area contributed by atoms with Gasteiger partial charge in [-0.15, -0.1) is 11.8 Å². The lowest BCUT2D eigenvalue weighted by atomic mass is 10.3. The monoisotopic (exact) mass is 230 g/mol. The van der Waals surface area contributed by atoms with Crippen molar-refractivity contribution < 1.29 is 8.78 Å². The molecule has 0 aliphatic rings. The smallest absolute Gasteiger partial charge is 0.159 e. The Morgan fingerprint density at radius 2 is 2.07 bits per heavy atom. The van der Waals surface area contributed by atoms with Gasteiger partial charge in [-0.05, 0) is 30.4 Å². The van der Waals surface area contributed by atoms with Crippen LogP contribution in [0, 0.1) is 17.0 Å². The Bertz CT molecular complexity index is 355. The molecule has 0 heterocycles. The lowest BCUT2D eigenvalue weighted by molar-refractivity contribution is 0.506. The third-order valence-electron chi connectivity index (χ3n) is 1.75. The van der Waals surface area contributed by atoms with Gasteiger partial charge in [0, 0.05) is 11.3 Å². The van der Waals surface area contributed by atoms with Crippen molar-refractivity contribution in [2.24, 2.45) is 5.73 Å². The Hall–Kier alpha value is -1.10. The minimum Gasteiger partial charge on any atom is -0.388 e. The number of thioether (sulfide) groups is 1. The van der Waals surface area contributed by atoms with E-state index < -0.39 is 11.6 Å². The summed E-state index contributed by atoms with van der Waals surface area (Å²) in [5, 5.41) is 7.00. The molecule has 82 valence electrons.